The lowest BCUT2D eigenvalue weighted by Crippen LogP contribution is -2.41. The lowest BCUT2D eigenvalue weighted by Gasteiger charge is -2.21. The summed E-state index contributed by atoms with van der Waals surface area (Å²) in [4.78, 5) is 39.6. The number of aliphatic imine (C=N–C) groups is 1. The van der Waals surface area contributed by atoms with E-state index in [-0.39, 0.29) is 18.8 Å². The van der Waals surface area contributed by atoms with Crippen LogP contribution in [-0.4, -0.2) is 152 Å². The van der Waals surface area contributed by atoms with Gasteiger partial charge in [-0.05, 0) is 192 Å². The Morgan fingerprint density at radius 3 is 1.55 bits per heavy atom. The molecule has 0 unspecified atom stereocenters. The Kier molecular flexibility index (Phi) is 32.5. The number of hydrogen-bond acceptors (Lipinski definition) is 16. The summed E-state index contributed by atoms with van der Waals surface area (Å²) in [5.41, 5.74) is 0.243. The number of halogens is 4. The summed E-state index contributed by atoms with van der Waals surface area (Å²) in [6.45, 7) is 19.1. The number of nitrogens with zero attached hydrogens (tertiary/aromatic N) is 1. The molecule has 3 aromatic carbocycles. The second-order valence-corrected chi connectivity index (χ2v) is 22.3. The Hall–Kier alpha value is -2.46. The fourth-order valence-electron chi connectivity index (χ4n) is 5.86. The molecule has 0 saturated heterocycles. The molecule has 3 aromatic rings. The first-order chi connectivity index (χ1) is 34.8. The largest absolute Gasteiger partial charge is 0.491 e. The molecule has 23 heteroatoms. The number of aliphatic carboxylic acids is 1. The van der Waals surface area contributed by atoms with Crippen LogP contribution in [-0.2, 0) is 55.7 Å². The van der Waals surface area contributed by atoms with Crippen molar-refractivity contribution in [3.8, 4) is 23.0 Å². The van der Waals surface area contributed by atoms with Crippen LogP contribution in [0.1, 0.15) is 59.1 Å². The number of amides is 2. The SMILES string of the molecule is CC(C)(C)OC(=O)N=C(CNCc1ccc(OCCOCCOCCOCCOCCOCCOCCNCCCOc2c(I)cc(Oc3c(I)cc(CC(=O)O)cc3I)cc2I)cc1)NC(=O)OC(C)(C)C. The van der Waals surface area contributed by atoms with Crippen LogP contribution >= 0.6 is 90.4 Å². The zero-order valence-corrected chi connectivity index (χ0v) is 51.0. The van der Waals surface area contributed by atoms with Crippen LogP contribution in [0.25, 0.3) is 0 Å². The Balaban J connectivity index is 1.08. The fourth-order valence-corrected chi connectivity index (χ4v) is 10.00. The molecule has 0 saturated carbocycles. The molecule has 0 radical (unpaired) electrons. The van der Waals surface area contributed by atoms with Crippen molar-refractivity contribution in [2.24, 2.45) is 4.99 Å². The van der Waals surface area contributed by atoms with Crippen molar-refractivity contribution in [3.05, 3.63) is 73.9 Å². The number of carbonyl (C=O) groups excluding carboxylic acids is 2. The zero-order valence-electron chi connectivity index (χ0n) is 42.4. The van der Waals surface area contributed by atoms with Crippen molar-refractivity contribution in [1.82, 2.24) is 16.0 Å². The summed E-state index contributed by atoms with van der Waals surface area (Å²) in [6.07, 6.45) is -0.731. The van der Waals surface area contributed by atoms with E-state index in [1.165, 1.54) is 0 Å². The molecule has 73 heavy (non-hydrogen) atoms. The van der Waals surface area contributed by atoms with E-state index in [4.69, 9.17) is 57.2 Å². The number of hydrogen-bond donors (Lipinski definition) is 4. The van der Waals surface area contributed by atoms with E-state index in [0.29, 0.717) is 116 Å². The van der Waals surface area contributed by atoms with Gasteiger partial charge >= 0.3 is 18.2 Å². The van der Waals surface area contributed by atoms with Gasteiger partial charge < -0.3 is 67.8 Å². The number of nitrogens with one attached hydrogen (secondary N) is 3. The van der Waals surface area contributed by atoms with E-state index >= 15 is 0 Å². The van der Waals surface area contributed by atoms with Crippen molar-refractivity contribution in [1.29, 1.82) is 0 Å². The predicted octanol–water partition coefficient (Wildman–Crippen LogP) is 9.01. The molecule has 0 aliphatic carbocycles. The maximum atomic E-state index is 12.3. The highest BCUT2D eigenvalue weighted by molar-refractivity contribution is 14.1. The smallest absolute Gasteiger partial charge is 0.435 e. The van der Waals surface area contributed by atoms with Gasteiger partial charge in [0, 0.05) is 13.1 Å². The van der Waals surface area contributed by atoms with Gasteiger partial charge in [-0.15, -0.1) is 0 Å². The maximum absolute atomic E-state index is 12.3. The summed E-state index contributed by atoms with van der Waals surface area (Å²) in [5.74, 6) is 2.12. The first kappa shape index (κ1) is 64.8. The summed E-state index contributed by atoms with van der Waals surface area (Å²) < 4.78 is 65.8. The number of benzene rings is 3. The number of rotatable bonds is 35. The van der Waals surface area contributed by atoms with Crippen molar-refractivity contribution in [3.63, 3.8) is 0 Å². The lowest BCUT2D eigenvalue weighted by molar-refractivity contribution is -0.136. The van der Waals surface area contributed by atoms with Crippen molar-refractivity contribution < 1.29 is 71.6 Å². The molecule has 0 aromatic heterocycles. The summed E-state index contributed by atoms with van der Waals surface area (Å²) >= 11 is 8.86. The molecule has 0 fully saturated rings. The van der Waals surface area contributed by atoms with Gasteiger partial charge in [0.1, 0.15) is 40.9 Å². The Morgan fingerprint density at radius 2 is 1.04 bits per heavy atom. The average molecular weight is 1470 g/mol. The molecule has 0 atom stereocenters. The fraction of sp³-hybridized carbons (Fsp3) is 0.560. The quantitative estimate of drug-likeness (QED) is 0.0187. The third-order valence-electron chi connectivity index (χ3n) is 8.94. The minimum Gasteiger partial charge on any atom is -0.491 e. The zero-order chi connectivity index (χ0) is 53.5. The predicted molar refractivity (Wildman–Crippen MR) is 310 cm³/mol. The van der Waals surface area contributed by atoms with Crippen LogP contribution in [0.15, 0.2) is 53.5 Å². The number of alkyl carbamates (subject to hydrolysis) is 1. The molecule has 0 spiro atoms. The number of ether oxygens (including phenoxy) is 11. The molecule has 0 aliphatic rings. The van der Waals surface area contributed by atoms with Gasteiger partial charge in [-0.3, -0.25) is 10.1 Å². The van der Waals surface area contributed by atoms with E-state index in [9.17, 15) is 14.4 Å². The lowest BCUT2D eigenvalue weighted by atomic mass is 10.1. The maximum Gasteiger partial charge on any atom is 0.435 e. The van der Waals surface area contributed by atoms with Gasteiger partial charge in [-0.25, -0.2) is 9.59 Å². The minimum absolute atomic E-state index is 0.0304. The van der Waals surface area contributed by atoms with Crippen LogP contribution < -0.4 is 30.2 Å². The van der Waals surface area contributed by atoms with Gasteiger partial charge in [0.2, 0.25) is 0 Å². The van der Waals surface area contributed by atoms with E-state index in [1.54, 1.807) is 41.5 Å². The van der Waals surface area contributed by atoms with Crippen LogP contribution in [0.4, 0.5) is 9.59 Å². The van der Waals surface area contributed by atoms with Crippen LogP contribution in [0.5, 0.6) is 23.0 Å². The van der Waals surface area contributed by atoms with Gasteiger partial charge in [-0.1, -0.05) is 12.1 Å². The Labute approximate surface area is 483 Å². The third-order valence-corrected chi connectivity index (χ3v) is 12.1. The summed E-state index contributed by atoms with van der Waals surface area (Å²) in [7, 11) is 0. The highest BCUT2D eigenvalue weighted by Crippen LogP contribution is 2.37. The van der Waals surface area contributed by atoms with E-state index < -0.39 is 29.4 Å². The second kappa shape index (κ2) is 36.6. The molecular formula is C50H70I4N4O15. The van der Waals surface area contributed by atoms with Crippen LogP contribution in [0.3, 0.4) is 0 Å². The molecule has 19 nitrogen and oxygen atoms in total. The first-order valence-corrected chi connectivity index (χ1v) is 28.0. The standard InChI is InChI=1S/C50H70I4N4O15/c1-49(2,3)72-47(61)57-43(58-48(62)73-50(4,5)6)34-56-33-35-8-10-37(11-9-35)69-27-26-68-25-24-67-23-22-66-21-20-65-19-18-64-17-16-63-15-13-55-12-7-14-70-45-41(53)31-38(32-42(45)54)71-46-39(51)28-36(29-40(46)52)30-44(59)60/h8-11,28-29,31-32,55-56H,7,12-27,30,33-34H2,1-6H3,(H,59,60)(H,57,58,61,62). The Bertz CT molecular complexity index is 2090. The Morgan fingerprint density at radius 1 is 0.548 bits per heavy atom. The highest BCUT2D eigenvalue weighted by Gasteiger charge is 2.21. The van der Waals surface area contributed by atoms with Gasteiger partial charge in [0.15, 0.2) is 5.75 Å². The summed E-state index contributed by atoms with van der Waals surface area (Å²) in [6, 6.07) is 15.1. The average Bonchev–Trinajstić information content (AvgIpc) is 3.28. The van der Waals surface area contributed by atoms with E-state index in [2.05, 4.69) is 111 Å². The van der Waals surface area contributed by atoms with Gasteiger partial charge in [0.25, 0.3) is 0 Å². The first-order valence-electron chi connectivity index (χ1n) is 23.7. The molecular weight excluding hydrogens is 1400 g/mol. The second-order valence-electron chi connectivity index (χ2n) is 17.7. The molecule has 3 rings (SSSR count). The van der Waals surface area contributed by atoms with Gasteiger partial charge in [0.05, 0.1) is 113 Å². The van der Waals surface area contributed by atoms with Gasteiger partial charge in [-0.2, -0.15) is 4.99 Å². The van der Waals surface area contributed by atoms with Crippen molar-refractivity contribution in [2.45, 2.75) is 72.1 Å². The van der Waals surface area contributed by atoms with Crippen molar-refractivity contribution >= 4 is 114 Å². The van der Waals surface area contributed by atoms with Crippen LogP contribution in [0, 0.1) is 14.3 Å². The number of amidine groups is 1. The molecule has 0 heterocycles. The number of carboxylic acids is 1. The number of carbonyl (C=O) groups is 3. The molecule has 0 aliphatic heterocycles. The van der Waals surface area contributed by atoms with E-state index in [1.807, 2.05) is 48.5 Å². The molecule has 408 valence electrons. The minimum atomic E-state index is -0.866. The summed E-state index contributed by atoms with van der Waals surface area (Å²) in [5, 5.41) is 18.2. The molecule has 2 amide bonds. The van der Waals surface area contributed by atoms with E-state index in [0.717, 1.165) is 50.7 Å². The molecule has 4 N–H and O–H groups in total. The van der Waals surface area contributed by atoms with Crippen LogP contribution in [0.2, 0.25) is 0 Å². The molecule has 0 bridgehead atoms. The number of carboxylic acid groups (broad SMARTS) is 1. The monoisotopic (exact) mass is 1470 g/mol. The third kappa shape index (κ3) is 31.4. The highest BCUT2D eigenvalue weighted by atomic mass is 127. The normalized spacial score (nSPS) is 11.9. The van der Waals surface area contributed by atoms with Crippen molar-refractivity contribution in [2.75, 3.05) is 112 Å². The topological polar surface area (TPSA) is 221 Å².